The Morgan fingerprint density at radius 3 is 2.80 bits per heavy atom. The van der Waals surface area contributed by atoms with Gasteiger partial charge in [0.25, 0.3) is 0 Å². The summed E-state index contributed by atoms with van der Waals surface area (Å²) in [6.45, 7) is 2.00. The molecule has 2 aromatic carbocycles. The van der Waals surface area contributed by atoms with Crippen LogP contribution in [0, 0.1) is 6.92 Å². The Labute approximate surface area is 146 Å². The number of carbonyl (C=O) groups is 1. The van der Waals surface area contributed by atoms with Crippen molar-refractivity contribution < 1.29 is 13.9 Å². The molecule has 0 fully saturated rings. The highest BCUT2D eigenvalue weighted by atomic mass is 16.5. The number of rotatable bonds is 5. The smallest absolute Gasteiger partial charge is 0.248 e. The second-order valence-corrected chi connectivity index (χ2v) is 5.46. The second-order valence-electron chi connectivity index (χ2n) is 5.46. The highest BCUT2D eigenvalue weighted by Crippen LogP contribution is 2.32. The van der Waals surface area contributed by atoms with Crippen LogP contribution in [0.3, 0.4) is 0 Å². The van der Waals surface area contributed by atoms with Gasteiger partial charge >= 0.3 is 0 Å². The molecule has 0 bridgehead atoms. The topological polar surface area (TPSA) is 64.4 Å². The molecular weight excluding hydrogens is 316 g/mol. The van der Waals surface area contributed by atoms with Gasteiger partial charge in [0.15, 0.2) is 12.2 Å². The third-order valence-corrected chi connectivity index (χ3v) is 3.77. The molecule has 0 saturated carbocycles. The highest BCUT2D eigenvalue weighted by molar-refractivity contribution is 6.02. The zero-order chi connectivity index (χ0) is 17.6. The Balaban J connectivity index is 1.74. The van der Waals surface area contributed by atoms with E-state index in [1.54, 1.807) is 31.5 Å². The van der Waals surface area contributed by atoms with E-state index in [0.717, 1.165) is 16.7 Å². The standard InChI is InChI=1S/C20H18N2O3/c1-14-5-3-4-6-15(14)7-10-20(23)22-16-8-9-17(18(11-16)24-2)19-12-21-13-25-19/h3-13H,1-2H3,(H,22,23)/b10-7+. The van der Waals surface area contributed by atoms with Crippen molar-refractivity contribution in [2.75, 3.05) is 12.4 Å². The van der Waals surface area contributed by atoms with Crippen molar-refractivity contribution in [2.45, 2.75) is 6.92 Å². The molecule has 1 aromatic heterocycles. The molecular formula is C20H18N2O3. The van der Waals surface area contributed by atoms with Crippen LogP contribution in [-0.2, 0) is 4.79 Å². The van der Waals surface area contributed by atoms with E-state index < -0.39 is 0 Å². The number of nitrogens with zero attached hydrogens (tertiary/aromatic N) is 1. The number of hydrogen-bond acceptors (Lipinski definition) is 4. The number of oxazole rings is 1. The predicted molar refractivity (Wildman–Crippen MR) is 97.3 cm³/mol. The average Bonchev–Trinajstić information content (AvgIpc) is 3.15. The third-order valence-electron chi connectivity index (χ3n) is 3.77. The Hall–Kier alpha value is -3.34. The summed E-state index contributed by atoms with van der Waals surface area (Å²) in [6.07, 6.45) is 6.28. The van der Waals surface area contributed by atoms with Crippen molar-refractivity contribution in [1.82, 2.24) is 4.98 Å². The summed E-state index contributed by atoms with van der Waals surface area (Å²) >= 11 is 0. The maximum atomic E-state index is 12.1. The Bertz CT molecular complexity index is 899. The highest BCUT2D eigenvalue weighted by Gasteiger charge is 2.10. The van der Waals surface area contributed by atoms with Crippen LogP contribution < -0.4 is 10.1 Å². The van der Waals surface area contributed by atoms with E-state index in [0.29, 0.717) is 17.2 Å². The Morgan fingerprint density at radius 1 is 1.24 bits per heavy atom. The number of benzene rings is 2. The lowest BCUT2D eigenvalue weighted by Crippen LogP contribution is -2.08. The molecule has 1 N–H and O–H groups in total. The van der Waals surface area contributed by atoms with Crippen LogP contribution >= 0.6 is 0 Å². The van der Waals surface area contributed by atoms with Crippen LogP contribution in [0.25, 0.3) is 17.4 Å². The van der Waals surface area contributed by atoms with E-state index in [2.05, 4.69) is 10.3 Å². The Morgan fingerprint density at radius 2 is 2.08 bits per heavy atom. The minimum Gasteiger partial charge on any atom is -0.496 e. The molecule has 0 saturated heterocycles. The van der Waals surface area contributed by atoms with Crippen molar-refractivity contribution in [3.63, 3.8) is 0 Å². The minimum absolute atomic E-state index is 0.210. The fourth-order valence-corrected chi connectivity index (χ4v) is 2.44. The van der Waals surface area contributed by atoms with E-state index in [1.807, 2.05) is 37.3 Å². The molecule has 3 aromatic rings. The molecule has 0 aliphatic carbocycles. The fraction of sp³-hybridized carbons (Fsp3) is 0.100. The number of methoxy groups -OCH3 is 1. The number of aryl methyl sites for hydroxylation is 1. The summed E-state index contributed by atoms with van der Waals surface area (Å²) in [4.78, 5) is 16.0. The number of amides is 1. The van der Waals surface area contributed by atoms with Crippen LogP contribution in [-0.4, -0.2) is 18.0 Å². The summed E-state index contributed by atoms with van der Waals surface area (Å²) in [6, 6.07) is 13.2. The SMILES string of the molecule is COc1cc(NC(=O)/C=C/c2ccccc2C)ccc1-c1cnco1. The maximum Gasteiger partial charge on any atom is 0.248 e. The van der Waals surface area contributed by atoms with Crippen molar-refractivity contribution in [1.29, 1.82) is 0 Å². The van der Waals surface area contributed by atoms with Gasteiger partial charge in [0.2, 0.25) is 5.91 Å². The molecule has 1 heterocycles. The van der Waals surface area contributed by atoms with Gasteiger partial charge in [-0.25, -0.2) is 4.98 Å². The number of ether oxygens (including phenoxy) is 1. The first-order valence-electron chi connectivity index (χ1n) is 7.79. The minimum atomic E-state index is -0.210. The van der Waals surface area contributed by atoms with Gasteiger partial charge in [0.05, 0.1) is 18.9 Å². The van der Waals surface area contributed by atoms with E-state index in [4.69, 9.17) is 9.15 Å². The monoisotopic (exact) mass is 334 g/mol. The molecule has 5 heteroatoms. The van der Waals surface area contributed by atoms with Gasteiger partial charge < -0.3 is 14.5 Å². The normalized spacial score (nSPS) is 10.8. The van der Waals surface area contributed by atoms with Crippen LogP contribution in [0.1, 0.15) is 11.1 Å². The van der Waals surface area contributed by atoms with Crippen LogP contribution in [0.2, 0.25) is 0 Å². The van der Waals surface area contributed by atoms with Crippen molar-refractivity contribution in [2.24, 2.45) is 0 Å². The molecule has 0 spiro atoms. The summed E-state index contributed by atoms with van der Waals surface area (Å²) in [7, 11) is 1.57. The molecule has 1 amide bonds. The van der Waals surface area contributed by atoms with Gasteiger partial charge in [-0.3, -0.25) is 4.79 Å². The predicted octanol–water partition coefficient (Wildman–Crippen LogP) is 4.31. The molecule has 0 unspecified atom stereocenters. The largest absolute Gasteiger partial charge is 0.496 e. The molecule has 0 radical (unpaired) electrons. The quantitative estimate of drug-likeness (QED) is 0.706. The van der Waals surface area contributed by atoms with E-state index in [9.17, 15) is 4.79 Å². The molecule has 0 aliphatic heterocycles. The second kappa shape index (κ2) is 7.49. The molecule has 126 valence electrons. The first-order valence-corrected chi connectivity index (χ1v) is 7.79. The zero-order valence-corrected chi connectivity index (χ0v) is 14.0. The van der Waals surface area contributed by atoms with Crippen LogP contribution in [0.4, 0.5) is 5.69 Å². The summed E-state index contributed by atoms with van der Waals surface area (Å²) in [5.74, 6) is 0.990. The third kappa shape index (κ3) is 3.95. The van der Waals surface area contributed by atoms with Gasteiger partial charge in [-0.05, 0) is 36.3 Å². The molecule has 3 rings (SSSR count). The summed E-state index contributed by atoms with van der Waals surface area (Å²) < 4.78 is 10.7. The average molecular weight is 334 g/mol. The van der Waals surface area contributed by atoms with Gasteiger partial charge in [-0.1, -0.05) is 24.3 Å². The Kier molecular flexibility index (Phi) is 4.95. The van der Waals surface area contributed by atoms with E-state index in [-0.39, 0.29) is 5.91 Å². The lowest BCUT2D eigenvalue weighted by atomic mass is 10.1. The molecule has 5 nitrogen and oxygen atoms in total. The van der Waals surface area contributed by atoms with Gasteiger partial charge in [0.1, 0.15) is 5.75 Å². The summed E-state index contributed by atoms with van der Waals surface area (Å²) in [5.41, 5.74) is 3.54. The van der Waals surface area contributed by atoms with Crippen molar-refractivity contribution in [3.8, 4) is 17.1 Å². The molecule has 0 aliphatic rings. The number of anilines is 1. The lowest BCUT2D eigenvalue weighted by Gasteiger charge is -2.09. The zero-order valence-electron chi connectivity index (χ0n) is 14.0. The first-order chi connectivity index (χ1) is 12.2. The molecule has 25 heavy (non-hydrogen) atoms. The summed E-state index contributed by atoms with van der Waals surface area (Å²) in [5, 5.41) is 2.83. The molecule has 0 atom stereocenters. The number of nitrogens with one attached hydrogen (secondary N) is 1. The van der Waals surface area contributed by atoms with Crippen molar-refractivity contribution in [3.05, 3.63) is 72.3 Å². The van der Waals surface area contributed by atoms with Crippen LogP contribution in [0.5, 0.6) is 5.75 Å². The van der Waals surface area contributed by atoms with Gasteiger partial charge in [0, 0.05) is 17.8 Å². The number of hydrogen-bond donors (Lipinski definition) is 1. The van der Waals surface area contributed by atoms with E-state index >= 15 is 0 Å². The number of aromatic nitrogens is 1. The fourth-order valence-electron chi connectivity index (χ4n) is 2.44. The van der Waals surface area contributed by atoms with Gasteiger partial charge in [-0.15, -0.1) is 0 Å². The van der Waals surface area contributed by atoms with E-state index in [1.165, 1.54) is 12.5 Å². The van der Waals surface area contributed by atoms with Gasteiger partial charge in [-0.2, -0.15) is 0 Å². The first kappa shape index (κ1) is 16.5. The van der Waals surface area contributed by atoms with Crippen molar-refractivity contribution >= 4 is 17.7 Å². The maximum absolute atomic E-state index is 12.1. The number of carbonyl (C=O) groups excluding carboxylic acids is 1. The lowest BCUT2D eigenvalue weighted by molar-refractivity contribution is -0.111. The van der Waals surface area contributed by atoms with Crippen LogP contribution in [0.15, 0.2) is 65.5 Å².